The van der Waals surface area contributed by atoms with Gasteiger partial charge in [0.2, 0.25) is 0 Å². The summed E-state index contributed by atoms with van der Waals surface area (Å²) in [6.45, 7) is 0.435. The topological polar surface area (TPSA) is 69.5 Å². The lowest BCUT2D eigenvalue weighted by Crippen LogP contribution is -2.56. The largest absolute Gasteiger partial charge is 0.501 e. The lowest BCUT2D eigenvalue weighted by Gasteiger charge is -2.24. The van der Waals surface area contributed by atoms with E-state index >= 15 is 0 Å². The van der Waals surface area contributed by atoms with Gasteiger partial charge in [-0.25, -0.2) is 9.18 Å². The number of allylic oxidation sites excluding steroid dienone is 2. The Labute approximate surface area is 184 Å². The van der Waals surface area contributed by atoms with Crippen LogP contribution in [0, 0.1) is 5.82 Å². The van der Waals surface area contributed by atoms with Gasteiger partial charge in [0.1, 0.15) is 18.1 Å². The zero-order valence-corrected chi connectivity index (χ0v) is 18.0. The average molecular weight is 443 g/mol. The molecule has 1 unspecified atom stereocenters. The van der Waals surface area contributed by atoms with Gasteiger partial charge in [0, 0.05) is 6.54 Å². The predicted octanol–water partition coefficient (Wildman–Crippen LogP) is 3.38. The van der Waals surface area contributed by atoms with Crippen LogP contribution in [0.25, 0.3) is 0 Å². The van der Waals surface area contributed by atoms with Gasteiger partial charge in [0.25, 0.3) is 5.91 Å². The minimum absolute atomic E-state index is 0.0363. The minimum atomic E-state index is -0.543. The number of thioether (sulfide) groups is 1. The van der Waals surface area contributed by atoms with Crippen LogP contribution >= 0.6 is 11.8 Å². The fourth-order valence-electron chi connectivity index (χ4n) is 4.02. The van der Waals surface area contributed by atoms with E-state index in [2.05, 4.69) is 11.4 Å². The second-order valence-corrected chi connectivity index (χ2v) is 8.89. The highest BCUT2D eigenvalue weighted by molar-refractivity contribution is 8.04. The van der Waals surface area contributed by atoms with Crippen molar-refractivity contribution in [3.8, 4) is 0 Å². The van der Waals surface area contributed by atoms with E-state index < -0.39 is 11.3 Å². The molecule has 162 valence electrons. The number of nitrogens with one attached hydrogen (secondary N) is 1. The van der Waals surface area contributed by atoms with Crippen LogP contribution in [0.2, 0.25) is 0 Å². The predicted molar refractivity (Wildman–Crippen MR) is 117 cm³/mol. The fraction of sp³-hybridized carbons (Fsp3) is 0.391. The molecular formula is C23H25FN3O3S+. The first kappa shape index (κ1) is 21.5. The molecule has 0 saturated carbocycles. The van der Waals surface area contributed by atoms with Crippen molar-refractivity contribution in [3.63, 3.8) is 0 Å². The van der Waals surface area contributed by atoms with Gasteiger partial charge in [0.15, 0.2) is 11.8 Å². The minimum Gasteiger partial charge on any atom is -0.352 e. The van der Waals surface area contributed by atoms with E-state index in [1.165, 1.54) is 46.9 Å². The molecule has 8 heteroatoms. The Bertz CT molecular complexity index is 984. The Morgan fingerprint density at radius 3 is 2.77 bits per heavy atom. The zero-order valence-electron chi connectivity index (χ0n) is 17.2. The van der Waals surface area contributed by atoms with E-state index in [4.69, 9.17) is 0 Å². The van der Waals surface area contributed by atoms with Crippen molar-refractivity contribution < 1.29 is 23.3 Å². The Morgan fingerprint density at radius 2 is 2.03 bits per heavy atom. The normalized spacial score (nSPS) is 20.7. The average Bonchev–Trinajstić information content (AvgIpc) is 3.26. The van der Waals surface area contributed by atoms with Gasteiger partial charge >= 0.3 is 11.9 Å². The first-order chi connectivity index (χ1) is 15.0. The van der Waals surface area contributed by atoms with Crippen LogP contribution in [0.15, 0.2) is 47.4 Å². The summed E-state index contributed by atoms with van der Waals surface area (Å²) < 4.78 is 14.6. The number of imide groups is 1. The molecule has 0 spiro atoms. The van der Waals surface area contributed by atoms with Gasteiger partial charge in [-0.1, -0.05) is 23.8 Å². The molecule has 2 heterocycles. The molecule has 1 N–H and O–H groups in total. The van der Waals surface area contributed by atoms with Crippen molar-refractivity contribution in [2.75, 3.05) is 13.1 Å². The van der Waals surface area contributed by atoms with Gasteiger partial charge < -0.3 is 5.32 Å². The monoisotopic (exact) mass is 442 g/mol. The van der Waals surface area contributed by atoms with Crippen molar-refractivity contribution in [1.82, 2.24) is 10.2 Å². The number of nitrogens with zero attached hydrogens (tertiary/aromatic N) is 2. The molecule has 6 nitrogen and oxygen atoms in total. The number of carbonyl (C=O) groups excluding carboxylic acids is 3. The molecule has 0 aromatic heterocycles. The second-order valence-electron chi connectivity index (χ2n) is 7.87. The summed E-state index contributed by atoms with van der Waals surface area (Å²) in [5.74, 6) is -0.953. The molecule has 1 atom stereocenters. The highest BCUT2D eigenvalue weighted by Crippen LogP contribution is 2.28. The van der Waals surface area contributed by atoms with E-state index in [9.17, 15) is 18.8 Å². The maximum absolute atomic E-state index is 13.2. The number of halogens is 1. The smallest absolute Gasteiger partial charge is 0.352 e. The standard InChI is InChI=1S/C23H24FN3O3S/c24-18-8-6-17(7-9-18)14-27-22(29)21-19(11-13-31-21)26(23(27)30)15-20(28)25-12-10-16-4-2-1-3-5-16/h4,6-9,11,13,21H,1-3,5,10,12,14-15H2/p+1. The van der Waals surface area contributed by atoms with Crippen LogP contribution in [-0.2, 0) is 16.1 Å². The van der Waals surface area contributed by atoms with Gasteiger partial charge in [-0.05, 0) is 61.3 Å². The summed E-state index contributed by atoms with van der Waals surface area (Å²) >= 11 is 1.32. The quantitative estimate of drug-likeness (QED) is 0.519. The fourth-order valence-corrected chi connectivity index (χ4v) is 4.99. The SMILES string of the molecule is O=C(C[N+]1=C2C=CSC2C(=O)N(Cc2ccc(F)cc2)C1=O)NCCC1=CCCCC1. The van der Waals surface area contributed by atoms with E-state index in [1.54, 1.807) is 23.6 Å². The third-order valence-electron chi connectivity index (χ3n) is 5.69. The number of benzene rings is 1. The number of amides is 4. The Hall–Kier alpha value is -2.74. The molecule has 1 aromatic carbocycles. The van der Waals surface area contributed by atoms with Crippen LogP contribution in [0.3, 0.4) is 0 Å². The Morgan fingerprint density at radius 1 is 1.23 bits per heavy atom. The summed E-state index contributed by atoms with van der Waals surface area (Å²) in [5, 5.41) is 4.12. The molecule has 4 amide bonds. The first-order valence-electron chi connectivity index (χ1n) is 10.5. The van der Waals surface area contributed by atoms with Gasteiger partial charge in [0.05, 0.1) is 0 Å². The van der Waals surface area contributed by atoms with E-state index in [0.29, 0.717) is 17.8 Å². The molecule has 0 fully saturated rings. The van der Waals surface area contributed by atoms with Gasteiger partial charge in [-0.2, -0.15) is 14.3 Å². The van der Waals surface area contributed by atoms with Crippen molar-refractivity contribution in [2.45, 2.75) is 43.9 Å². The maximum atomic E-state index is 13.2. The van der Waals surface area contributed by atoms with E-state index in [0.717, 1.165) is 24.2 Å². The molecule has 3 aliphatic rings. The van der Waals surface area contributed by atoms with Crippen molar-refractivity contribution >= 4 is 35.3 Å². The third-order valence-corrected chi connectivity index (χ3v) is 6.70. The lowest BCUT2D eigenvalue weighted by molar-refractivity contribution is -0.427. The number of hydrogen-bond donors (Lipinski definition) is 1. The summed E-state index contributed by atoms with van der Waals surface area (Å²) in [5.41, 5.74) is 2.56. The van der Waals surface area contributed by atoms with Gasteiger partial charge in [-0.15, -0.1) is 11.8 Å². The molecule has 1 aliphatic carbocycles. The molecule has 0 saturated heterocycles. The summed E-state index contributed by atoms with van der Waals surface area (Å²) in [7, 11) is 0. The maximum Gasteiger partial charge on any atom is 0.501 e. The molecular weight excluding hydrogens is 417 g/mol. The van der Waals surface area contributed by atoms with Crippen LogP contribution in [0.1, 0.15) is 37.7 Å². The third kappa shape index (κ3) is 4.95. The number of rotatable bonds is 7. The molecule has 2 aliphatic heterocycles. The summed E-state index contributed by atoms with van der Waals surface area (Å²) in [4.78, 5) is 39.7. The van der Waals surface area contributed by atoms with Crippen LogP contribution in [-0.4, -0.2) is 51.4 Å². The number of urea groups is 1. The molecule has 0 radical (unpaired) electrons. The zero-order chi connectivity index (χ0) is 21.8. The summed E-state index contributed by atoms with van der Waals surface area (Å²) in [6.07, 6.45) is 9.42. The van der Waals surface area contributed by atoms with Crippen LogP contribution < -0.4 is 5.32 Å². The Balaban J connectivity index is 1.44. The van der Waals surface area contributed by atoms with Crippen molar-refractivity contribution in [1.29, 1.82) is 0 Å². The molecule has 1 aromatic rings. The van der Waals surface area contributed by atoms with Crippen LogP contribution in [0.5, 0.6) is 0 Å². The van der Waals surface area contributed by atoms with Crippen molar-refractivity contribution in [3.05, 3.63) is 58.8 Å². The highest BCUT2D eigenvalue weighted by atomic mass is 32.2. The molecule has 31 heavy (non-hydrogen) atoms. The van der Waals surface area contributed by atoms with Gasteiger partial charge in [-0.3, -0.25) is 4.79 Å². The van der Waals surface area contributed by atoms with E-state index in [-0.39, 0.29) is 30.7 Å². The number of fused-ring (bicyclic) bond motifs is 1. The first-order valence-corrected chi connectivity index (χ1v) is 11.5. The molecule has 4 rings (SSSR count). The number of carbonyl (C=O) groups is 3. The highest BCUT2D eigenvalue weighted by Gasteiger charge is 2.49. The number of hydrogen-bond acceptors (Lipinski definition) is 4. The lowest BCUT2D eigenvalue weighted by atomic mass is 9.97. The Kier molecular flexibility index (Phi) is 6.65. The molecule has 0 bridgehead atoms. The summed E-state index contributed by atoms with van der Waals surface area (Å²) in [6, 6.07) is 5.16. The van der Waals surface area contributed by atoms with Crippen molar-refractivity contribution in [2.24, 2.45) is 0 Å². The van der Waals surface area contributed by atoms with Crippen LogP contribution in [0.4, 0.5) is 9.18 Å². The second kappa shape index (κ2) is 9.60. The van der Waals surface area contributed by atoms with E-state index in [1.807, 2.05) is 0 Å².